The van der Waals surface area contributed by atoms with E-state index in [0.717, 1.165) is 15.6 Å². The van der Waals surface area contributed by atoms with E-state index in [1.807, 2.05) is 50.2 Å². The first-order valence-corrected chi connectivity index (χ1v) is 10.9. The van der Waals surface area contributed by atoms with Crippen LogP contribution in [0.3, 0.4) is 0 Å². The summed E-state index contributed by atoms with van der Waals surface area (Å²) in [4.78, 5) is 25.1. The lowest BCUT2D eigenvalue weighted by Crippen LogP contribution is -2.34. The standard InChI is InChI=1S/C24H22BrN3O2S/c1-15-11-12-19(14-21(15)25)23(30)28-24(31)27-20-10-6-9-18(13-20)22(29)26-16(2)17-7-4-3-5-8-17/h3-14,16H,1-2H3,(H,26,29)(H2,27,28,30,31). The van der Waals surface area contributed by atoms with E-state index in [1.165, 1.54) is 0 Å². The molecule has 1 unspecified atom stereocenters. The molecule has 5 nitrogen and oxygen atoms in total. The molecule has 2 amide bonds. The number of benzene rings is 3. The Morgan fingerprint density at radius 3 is 2.32 bits per heavy atom. The van der Waals surface area contributed by atoms with E-state index in [4.69, 9.17) is 12.2 Å². The SMILES string of the molecule is Cc1ccc(C(=O)NC(=S)Nc2cccc(C(=O)NC(C)c3ccccc3)c2)cc1Br. The van der Waals surface area contributed by atoms with Gasteiger partial charge in [0.25, 0.3) is 11.8 Å². The molecule has 0 bridgehead atoms. The number of nitrogens with one attached hydrogen (secondary N) is 3. The molecule has 0 fully saturated rings. The summed E-state index contributed by atoms with van der Waals surface area (Å²) in [6.45, 7) is 3.88. The molecular formula is C24H22BrN3O2S. The average Bonchev–Trinajstić information content (AvgIpc) is 2.76. The molecule has 3 aromatic rings. The normalized spacial score (nSPS) is 11.3. The smallest absolute Gasteiger partial charge is 0.257 e. The zero-order valence-electron chi connectivity index (χ0n) is 17.1. The van der Waals surface area contributed by atoms with Crippen molar-refractivity contribution in [1.29, 1.82) is 0 Å². The molecule has 0 radical (unpaired) electrons. The van der Waals surface area contributed by atoms with Gasteiger partial charge < -0.3 is 10.6 Å². The predicted molar refractivity (Wildman–Crippen MR) is 131 cm³/mol. The molecule has 0 heterocycles. The maximum absolute atomic E-state index is 12.6. The van der Waals surface area contributed by atoms with Crippen LogP contribution < -0.4 is 16.0 Å². The minimum absolute atomic E-state index is 0.125. The minimum atomic E-state index is -0.316. The molecule has 0 saturated heterocycles. The molecule has 3 aromatic carbocycles. The van der Waals surface area contributed by atoms with Gasteiger partial charge in [-0.15, -0.1) is 0 Å². The lowest BCUT2D eigenvalue weighted by molar-refractivity contribution is 0.0938. The average molecular weight is 496 g/mol. The van der Waals surface area contributed by atoms with Crippen LogP contribution in [0.2, 0.25) is 0 Å². The molecule has 1 atom stereocenters. The monoisotopic (exact) mass is 495 g/mol. The first-order valence-electron chi connectivity index (χ1n) is 9.68. The highest BCUT2D eigenvalue weighted by Crippen LogP contribution is 2.18. The number of aryl methyl sites for hydroxylation is 1. The number of anilines is 1. The third-order valence-corrected chi connectivity index (χ3v) is 5.75. The molecule has 0 aliphatic heterocycles. The largest absolute Gasteiger partial charge is 0.346 e. The van der Waals surface area contributed by atoms with Gasteiger partial charge >= 0.3 is 0 Å². The van der Waals surface area contributed by atoms with E-state index in [0.29, 0.717) is 16.8 Å². The van der Waals surface area contributed by atoms with Crippen LogP contribution >= 0.6 is 28.1 Å². The second-order valence-corrected chi connectivity index (χ2v) is 8.32. The molecule has 0 aromatic heterocycles. The van der Waals surface area contributed by atoms with Crippen molar-refractivity contribution in [2.24, 2.45) is 0 Å². The highest BCUT2D eigenvalue weighted by Gasteiger charge is 2.13. The van der Waals surface area contributed by atoms with Gasteiger partial charge in [0.2, 0.25) is 0 Å². The van der Waals surface area contributed by atoms with Gasteiger partial charge in [0, 0.05) is 21.3 Å². The highest BCUT2D eigenvalue weighted by molar-refractivity contribution is 9.10. The Morgan fingerprint density at radius 2 is 1.61 bits per heavy atom. The molecule has 3 N–H and O–H groups in total. The minimum Gasteiger partial charge on any atom is -0.346 e. The quantitative estimate of drug-likeness (QED) is 0.415. The van der Waals surface area contributed by atoms with Crippen molar-refractivity contribution in [3.8, 4) is 0 Å². The number of rotatable bonds is 5. The third-order valence-electron chi connectivity index (χ3n) is 4.69. The molecule has 0 saturated carbocycles. The fourth-order valence-corrected chi connectivity index (χ4v) is 3.50. The zero-order valence-corrected chi connectivity index (χ0v) is 19.5. The second kappa shape index (κ2) is 10.3. The molecule has 0 aliphatic carbocycles. The van der Waals surface area contributed by atoms with Crippen molar-refractivity contribution in [3.63, 3.8) is 0 Å². The van der Waals surface area contributed by atoms with E-state index < -0.39 is 0 Å². The van der Waals surface area contributed by atoms with Crippen LogP contribution in [0.25, 0.3) is 0 Å². The van der Waals surface area contributed by atoms with Gasteiger partial charge in [-0.25, -0.2) is 0 Å². The topological polar surface area (TPSA) is 70.2 Å². The number of hydrogen-bond donors (Lipinski definition) is 3. The predicted octanol–water partition coefficient (Wildman–Crippen LogP) is 5.38. The van der Waals surface area contributed by atoms with E-state index >= 15 is 0 Å². The van der Waals surface area contributed by atoms with E-state index in [2.05, 4.69) is 31.9 Å². The number of hydrogen-bond acceptors (Lipinski definition) is 3. The van der Waals surface area contributed by atoms with Gasteiger partial charge in [0.15, 0.2) is 5.11 Å². The zero-order chi connectivity index (χ0) is 22.4. The number of thiocarbonyl (C=S) groups is 1. The van der Waals surface area contributed by atoms with Crippen LogP contribution in [0.5, 0.6) is 0 Å². The maximum atomic E-state index is 12.6. The Bertz CT molecular complexity index is 1120. The Labute approximate surface area is 195 Å². The number of carbonyl (C=O) groups is 2. The van der Waals surface area contributed by atoms with Crippen molar-refractivity contribution in [3.05, 3.63) is 99.5 Å². The van der Waals surface area contributed by atoms with Crippen molar-refractivity contribution < 1.29 is 9.59 Å². The van der Waals surface area contributed by atoms with Crippen molar-refractivity contribution >= 4 is 50.8 Å². The Morgan fingerprint density at radius 1 is 0.903 bits per heavy atom. The summed E-state index contributed by atoms with van der Waals surface area (Å²) in [5.41, 5.74) is 3.65. The summed E-state index contributed by atoms with van der Waals surface area (Å²) in [6, 6.07) is 21.9. The van der Waals surface area contributed by atoms with E-state index in [-0.39, 0.29) is 23.0 Å². The van der Waals surface area contributed by atoms with Gasteiger partial charge in [-0.2, -0.15) is 0 Å². The fourth-order valence-electron chi connectivity index (χ4n) is 2.91. The third kappa shape index (κ3) is 6.23. The summed E-state index contributed by atoms with van der Waals surface area (Å²) in [6.07, 6.45) is 0. The van der Waals surface area contributed by atoms with E-state index in [9.17, 15) is 9.59 Å². The van der Waals surface area contributed by atoms with Crippen molar-refractivity contribution in [2.75, 3.05) is 5.32 Å². The maximum Gasteiger partial charge on any atom is 0.257 e. The van der Waals surface area contributed by atoms with Crippen LogP contribution in [0, 0.1) is 6.92 Å². The van der Waals surface area contributed by atoms with Gasteiger partial charge in [-0.05, 0) is 67.5 Å². The van der Waals surface area contributed by atoms with Crippen LogP contribution in [0.1, 0.15) is 44.8 Å². The number of amides is 2. The van der Waals surface area contributed by atoms with E-state index in [1.54, 1.807) is 36.4 Å². The summed E-state index contributed by atoms with van der Waals surface area (Å²) in [7, 11) is 0. The van der Waals surface area contributed by atoms with Gasteiger partial charge in [-0.3, -0.25) is 14.9 Å². The summed E-state index contributed by atoms with van der Waals surface area (Å²) in [5.74, 6) is -0.511. The highest BCUT2D eigenvalue weighted by atomic mass is 79.9. The van der Waals surface area contributed by atoms with Gasteiger partial charge in [0.1, 0.15) is 0 Å². The van der Waals surface area contributed by atoms with Crippen LogP contribution in [-0.2, 0) is 0 Å². The summed E-state index contributed by atoms with van der Waals surface area (Å²) < 4.78 is 0.850. The molecule has 3 rings (SSSR count). The summed E-state index contributed by atoms with van der Waals surface area (Å²) in [5, 5.41) is 8.74. The molecule has 7 heteroatoms. The molecule has 158 valence electrons. The van der Waals surface area contributed by atoms with Crippen LogP contribution in [0.4, 0.5) is 5.69 Å². The van der Waals surface area contributed by atoms with Gasteiger partial charge in [0.05, 0.1) is 6.04 Å². The molecule has 0 spiro atoms. The van der Waals surface area contributed by atoms with Crippen LogP contribution in [-0.4, -0.2) is 16.9 Å². The van der Waals surface area contributed by atoms with Crippen molar-refractivity contribution in [1.82, 2.24) is 10.6 Å². The lowest BCUT2D eigenvalue weighted by atomic mass is 10.1. The second-order valence-electron chi connectivity index (χ2n) is 7.06. The number of halogens is 1. The lowest BCUT2D eigenvalue weighted by Gasteiger charge is -2.15. The Balaban J connectivity index is 1.61. The van der Waals surface area contributed by atoms with Gasteiger partial charge in [-0.1, -0.05) is 58.4 Å². The first-order chi connectivity index (χ1) is 14.8. The summed E-state index contributed by atoms with van der Waals surface area (Å²) >= 11 is 8.68. The Hall–Kier alpha value is -3.03. The van der Waals surface area contributed by atoms with Crippen LogP contribution in [0.15, 0.2) is 77.3 Å². The Kier molecular flexibility index (Phi) is 7.55. The first kappa shape index (κ1) is 22.7. The molecule has 31 heavy (non-hydrogen) atoms. The fraction of sp³-hybridized carbons (Fsp3) is 0.125. The van der Waals surface area contributed by atoms with Crippen molar-refractivity contribution in [2.45, 2.75) is 19.9 Å². The molecular weight excluding hydrogens is 474 g/mol. The molecule has 0 aliphatic rings. The number of carbonyl (C=O) groups excluding carboxylic acids is 2.